The van der Waals surface area contributed by atoms with Crippen molar-refractivity contribution in [2.24, 2.45) is 0 Å². The Morgan fingerprint density at radius 2 is 2.10 bits per heavy atom. The Balaban J connectivity index is 2.08. The lowest BCUT2D eigenvalue weighted by Crippen LogP contribution is -2.08. The first kappa shape index (κ1) is 14.8. The third kappa shape index (κ3) is 3.29. The molecule has 0 amide bonds. The summed E-state index contributed by atoms with van der Waals surface area (Å²) >= 11 is 8.90. The lowest BCUT2D eigenvalue weighted by atomic mass is 10.2. The van der Waals surface area contributed by atoms with E-state index >= 15 is 0 Å². The molecule has 3 nitrogen and oxygen atoms in total. The number of carbonyl (C=O) groups is 1. The molecule has 0 unspecified atom stereocenters. The van der Waals surface area contributed by atoms with Crippen molar-refractivity contribution in [3.63, 3.8) is 0 Å². The van der Waals surface area contributed by atoms with Gasteiger partial charge in [-0.05, 0) is 45.8 Å². The molecule has 104 valence electrons. The molecule has 0 fully saturated rings. The maximum Gasteiger partial charge on any atom is 0.340 e. The van der Waals surface area contributed by atoms with Crippen molar-refractivity contribution < 1.29 is 13.9 Å². The number of ether oxygens (including phenoxy) is 1. The fraction of sp³-hybridized carbons (Fsp3) is 0.0714. The number of carbonyl (C=O) groups excluding carboxylic acids is 1. The predicted octanol–water partition coefficient (Wildman–Crippen LogP) is 4.18. The first-order valence-corrected chi connectivity index (χ1v) is 6.81. The van der Waals surface area contributed by atoms with Gasteiger partial charge < -0.3 is 10.5 Å². The maximum atomic E-state index is 13.1. The van der Waals surface area contributed by atoms with Gasteiger partial charge in [0.1, 0.15) is 12.4 Å². The molecule has 0 bridgehead atoms. The second-order valence-electron chi connectivity index (χ2n) is 4.03. The van der Waals surface area contributed by atoms with E-state index in [4.69, 9.17) is 22.1 Å². The third-order valence-corrected chi connectivity index (χ3v) is 3.56. The summed E-state index contributed by atoms with van der Waals surface area (Å²) in [6.45, 7) is 0.0175. The van der Waals surface area contributed by atoms with Gasteiger partial charge in [0.05, 0.1) is 20.7 Å². The van der Waals surface area contributed by atoms with Gasteiger partial charge in [-0.3, -0.25) is 0 Å². The number of anilines is 1. The van der Waals surface area contributed by atoms with Gasteiger partial charge in [0.2, 0.25) is 0 Å². The van der Waals surface area contributed by atoms with Crippen molar-refractivity contribution in [2.75, 3.05) is 5.73 Å². The molecule has 0 aliphatic carbocycles. The predicted molar refractivity (Wildman–Crippen MR) is 79.1 cm³/mol. The summed E-state index contributed by atoms with van der Waals surface area (Å²) in [6.07, 6.45) is 0. The van der Waals surface area contributed by atoms with Crippen molar-refractivity contribution in [3.05, 3.63) is 62.8 Å². The molecule has 2 aromatic carbocycles. The zero-order chi connectivity index (χ0) is 14.7. The van der Waals surface area contributed by atoms with Crippen LogP contribution in [0.15, 0.2) is 40.9 Å². The Kier molecular flexibility index (Phi) is 4.62. The summed E-state index contributed by atoms with van der Waals surface area (Å²) in [4.78, 5) is 11.9. The molecule has 0 aromatic heterocycles. The molecule has 0 spiro atoms. The fourth-order valence-corrected chi connectivity index (χ4v) is 2.17. The summed E-state index contributed by atoms with van der Waals surface area (Å²) in [5.41, 5.74) is 6.75. The topological polar surface area (TPSA) is 52.3 Å². The van der Waals surface area contributed by atoms with Gasteiger partial charge in [-0.15, -0.1) is 0 Å². The highest BCUT2D eigenvalue weighted by Gasteiger charge is 2.13. The zero-order valence-corrected chi connectivity index (χ0v) is 12.5. The van der Waals surface area contributed by atoms with Crippen LogP contribution in [0.25, 0.3) is 0 Å². The molecule has 0 aliphatic rings. The standard InChI is InChI=1S/C14H10BrClFNO2/c15-10-6-8(4-5-12(10)17)7-20-14(19)9-2-1-3-11(16)13(9)18/h1-6H,7,18H2. The second kappa shape index (κ2) is 6.24. The van der Waals surface area contributed by atoms with E-state index in [1.807, 2.05) is 0 Å². The molecule has 0 heterocycles. The van der Waals surface area contributed by atoms with Crippen LogP contribution in [0.2, 0.25) is 5.02 Å². The maximum absolute atomic E-state index is 13.1. The lowest BCUT2D eigenvalue weighted by Gasteiger charge is -2.08. The van der Waals surface area contributed by atoms with E-state index < -0.39 is 5.97 Å². The van der Waals surface area contributed by atoms with Crippen LogP contribution in [0.5, 0.6) is 0 Å². The van der Waals surface area contributed by atoms with Crippen molar-refractivity contribution in [1.82, 2.24) is 0 Å². The minimum absolute atomic E-state index is 0.0175. The van der Waals surface area contributed by atoms with E-state index in [2.05, 4.69) is 15.9 Å². The molecule has 0 saturated carbocycles. The molecule has 2 rings (SSSR count). The highest BCUT2D eigenvalue weighted by atomic mass is 79.9. The van der Waals surface area contributed by atoms with Crippen LogP contribution in [0.3, 0.4) is 0 Å². The smallest absolute Gasteiger partial charge is 0.340 e. The first-order valence-electron chi connectivity index (χ1n) is 5.64. The monoisotopic (exact) mass is 357 g/mol. The van der Waals surface area contributed by atoms with Crippen LogP contribution >= 0.6 is 27.5 Å². The van der Waals surface area contributed by atoms with Crippen LogP contribution in [0.4, 0.5) is 10.1 Å². The van der Waals surface area contributed by atoms with E-state index in [0.29, 0.717) is 15.1 Å². The third-order valence-electron chi connectivity index (χ3n) is 2.63. The Morgan fingerprint density at radius 3 is 2.80 bits per heavy atom. The Hall–Kier alpha value is -1.59. The summed E-state index contributed by atoms with van der Waals surface area (Å²) in [7, 11) is 0. The van der Waals surface area contributed by atoms with Crippen molar-refractivity contribution in [1.29, 1.82) is 0 Å². The highest BCUT2D eigenvalue weighted by Crippen LogP contribution is 2.23. The van der Waals surface area contributed by atoms with E-state index in [9.17, 15) is 9.18 Å². The largest absolute Gasteiger partial charge is 0.457 e. The molecule has 2 aromatic rings. The van der Waals surface area contributed by atoms with Gasteiger partial charge >= 0.3 is 5.97 Å². The summed E-state index contributed by atoms with van der Waals surface area (Å²) in [6, 6.07) is 9.11. The van der Waals surface area contributed by atoms with Gasteiger partial charge in [0.25, 0.3) is 0 Å². The molecule has 20 heavy (non-hydrogen) atoms. The van der Waals surface area contributed by atoms with Crippen LogP contribution in [-0.4, -0.2) is 5.97 Å². The van der Waals surface area contributed by atoms with Gasteiger partial charge in [0.15, 0.2) is 0 Å². The Morgan fingerprint density at radius 1 is 1.35 bits per heavy atom. The van der Waals surface area contributed by atoms with Gasteiger partial charge in [-0.2, -0.15) is 0 Å². The molecule has 2 N–H and O–H groups in total. The van der Waals surface area contributed by atoms with E-state index in [-0.39, 0.29) is 23.7 Å². The van der Waals surface area contributed by atoms with Gasteiger partial charge in [0, 0.05) is 0 Å². The molecule has 0 radical (unpaired) electrons. The Labute approximate surface area is 128 Å². The van der Waals surface area contributed by atoms with Gasteiger partial charge in [-0.1, -0.05) is 23.7 Å². The number of hydrogen-bond donors (Lipinski definition) is 1. The van der Waals surface area contributed by atoms with Crippen LogP contribution in [-0.2, 0) is 11.3 Å². The Bertz CT molecular complexity index is 664. The quantitative estimate of drug-likeness (QED) is 0.661. The molecular weight excluding hydrogens is 349 g/mol. The molecule has 0 saturated heterocycles. The van der Waals surface area contributed by atoms with Crippen molar-refractivity contribution in [3.8, 4) is 0 Å². The second-order valence-corrected chi connectivity index (χ2v) is 5.29. The number of para-hydroxylation sites is 1. The minimum Gasteiger partial charge on any atom is -0.457 e. The summed E-state index contributed by atoms with van der Waals surface area (Å²) in [5.74, 6) is -0.954. The number of nitrogens with two attached hydrogens (primary N) is 1. The summed E-state index contributed by atoms with van der Waals surface area (Å²) < 4.78 is 18.5. The van der Waals surface area contributed by atoms with Crippen molar-refractivity contribution in [2.45, 2.75) is 6.61 Å². The number of rotatable bonds is 3. The number of benzene rings is 2. The molecule has 0 aliphatic heterocycles. The first-order chi connectivity index (χ1) is 9.49. The highest BCUT2D eigenvalue weighted by molar-refractivity contribution is 9.10. The average molecular weight is 359 g/mol. The van der Waals surface area contributed by atoms with Crippen LogP contribution < -0.4 is 5.73 Å². The minimum atomic E-state index is -0.578. The lowest BCUT2D eigenvalue weighted by molar-refractivity contribution is 0.0474. The normalized spacial score (nSPS) is 10.3. The number of halogens is 3. The average Bonchev–Trinajstić information content (AvgIpc) is 2.43. The number of nitrogen functional groups attached to an aromatic ring is 1. The SMILES string of the molecule is Nc1c(Cl)cccc1C(=O)OCc1ccc(F)c(Br)c1. The number of hydrogen-bond acceptors (Lipinski definition) is 3. The van der Waals surface area contributed by atoms with E-state index in [1.54, 1.807) is 18.2 Å². The fourth-order valence-electron chi connectivity index (χ4n) is 1.57. The number of esters is 1. The zero-order valence-electron chi connectivity index (χ0n) is 10.2. The molecule has 6 heteroatoms. The van der Waals surface area contributed by atoms with Gasteiger partial charge in [-0.25, -0.2) is 9.18 Å². The molecular formula is C14H10BrClFNO2. The van der Waals surface area contributed by atoms with Crippen molar-refractivity contribution >= 4 is 39.2 Å². The van der Waals surface area contributed by atoms with E-state index in [1.165, 1.54) is 18.2 Å². The van der Waals surface area contributed by atoms with E-state index in [0.717, 1.165) is 0 Å². The molecule has 0 atom stereocenters. The van der Waals surface area contributed by atoms with Crippen LogP contribution in [0.1, 0.15) is 15.9 Å². The van der Waals surface area contributed by atoms with Crippen LogP contribution in [0, 0.1) is 5.82 Å². The summed E-state index contributed by atoms with van der Waals surface area (Å²) in [5, 5.41) is 0.295.